The Kier molecular flexibility index (Phi) is 3.78. The monoisotopic (exact) mass is 253 g/mol. The summed E-state index contributed by atoms with van der Waals surface area (Å²) in [5.74, 6) is -0.132. The van der Waals surface area contributed by atoms with E-state index in [1.807, 2.05) is 0 Å². The van der Waals surface area contributed by atoms with E-state index in [2.05, 4.69) is 0 Å². The molecule has 1 aromatic rings. The Morgan fingerprint density at radius 3 is 2.50 bits per heavy atom. The summed E-state index contributed by atoms with van der Waals surface area (Å²) in [5, 5.41) is 0.507. The highest BCUT2D eigenvalue weighted by Crippen LogP contribution is 2.25. The molecule has 0 saturated heterocycles. The zero-order chi connectivity index (χ0) is 10.8. The zero-order valence-electron chi connectivity index (χ0n) is 7.20. The van der Waals surface area contributed by atoms with Crippen LogP contribution in [-0.4, -0.2) is 20.7 Å². The maximum Gasteiger partial charge on any atom is 0.181 e. The van der Waals surface area contributed by atoms with Gasteiger partial charge in [0.25, 0.3) is 0 Å². The molecule has 0 amide bonds. The summed E-state index contributed by atoms with van der Waals surface area (Å²) in [5.41, 5.74) is 5.18. The molecule has 0 radical (unpaired) electrons. The summed E-state index contributed by atoms with van der Waals surface area (Å²) in [6, 6.07) is 4.31. The van der Waals surface area contributed by atoms with E-state index in [0.29, 0.717) is 5.02 Å². The summed E-state index contributed by atoms with van der Waals surface area (Å²) in [7, 11) is -3.40. The number of rotatable bonds is 3. The van der Waals surface area contributed by atoms with Gasteiger partial charge in [-0.1, -0.05) is 23.2 Å². The topological polar surface area (TPSA) is 60.2 Å². The van der Waals surface area contributed by atoms with Crippen molar-refractivity contribution in [2.24, 2.45) is 5.73 Å². The smallest absolute Gasteiger partial charge is 0.181 e. The van der Waals surface area contributed by atoms with Gasteiger partial charge in [0.05, 0.1) is 15.7 Å². The predicted molar refractivity (Wildman–Crippen MR) is 57.6 cm³/mol. The molecule has 1 aromatic carbocycles. The van der Waals surface area contributed by atoms with Crippen molar-refractivity contribution in [1.29, 1.82) is 0 Å². The van der Waals surface area contributed by atoms with Gasteiger partial charge in [0, 0.05) is 11.6 Å². The second kappa shape index (κ2) is 4.49. The van der Waals surface area contributed by atoms with Gasteiger partial charge in [0.15, 0.2) is 9.84 Å². The first kappa shape index (κ1) is 11.8. The first-order valence-corrected chi connectivity index (χ1v) is 6.26. The predicted octanol–water partition coefficient (Wildman–Crippen LogP) is 1.73. The summed E-state index contributed by atoms with van der Waals surface area (Å²) in [6.45, 7) is 0.0607. The Bertz CT molecular complexity index is 431. The van der Waals surface area contributed by atoms with Crippen molar-refractivity contribution in [3.63, 3.8) is 0 Å². The van der Waals surface area contributed by atoms with Gasteiger partial charge in [0.1, 0.15) is 0 Å². The third-order valence-electron chi connectivity index (χ3n) is 1.61. The van der Waals surface area contributed by atoms with E-state index in [0.717, 1.165) is 0 Å². The molecule has 3 nitrogen and oxygen atoms in total. The first-order chi connectivity index (χ1) is 6.47. The number of halogens is 2. The molecular weight excluding hydrogens is 245 g/mol. The van der Waals surface area contributed by atoms with E-state index >= 15 is 0 Å². The standard InChI is InChI=1S/C8H9Cl2NO2S/c9-6-1-2-7(10)8(5-6)14(12,13)4-3-11/h1-2,5H,3-4,11H2. The Balaban J connectivity index is 3.25. The molecule has 0 fully saturated rings. The fraction of sp³-hybridized carbons (Fsp3) is 0.250. The van der Waals surface area contributed by atoms with Crippen LogP contribution < -0.4 is 5.73 Å². The van der Waals surface area contributed by atoms with Crippen LogP contribution in [0.5, 0.6) is 0 Å². The lowest BCUT2D eigenvalue weighted by molar-refractivity contribution is 0.596. The Labute approximate surface area is 92.7 Å². The summed E-state index contributed by atoms with van der Waals surface area (Å²) >= 11 is 11.4. The average molecular weight is 254 g/mol. The van der Waals surface area contributed by atoms with Crippen LogP contribution in [0, 0.1) is 0 Å². The van der Waals surface area contributed by atoms with Crippen molar-refractivity contribution in [1.82, 2.24) is 0 Å². The highest BCUT2D eigenvalue weighted by molar-refractivity contribution is 7.91. The van der Waals surface area contributed by atoms with Crippen molar-refractivity contribution < 1.29 is 8.42 Å². The van der Waals surface area contributed by atoms with Crippen LogP contribution in [0.2, 0.25) is 10.0 Å². The van der Waals surface area contributed by atoms with Crippen molar-refractivity contribution in [3.05, 3.63) is 28.2 Å². The fourth-order valence-electron chi connectivity index (χ4n) is 0.981. The number of benzene rings is 1. The van der Waals surface area contributed by atoms with Crippen LogP contribution in [-0.2, 0) is 9.84 Å². The Morgan fingerprint density at radius 1 is 1.29 bits per heavy atom. The summed E-state index contributed by atoms with van der Waals surface area (Å²) < 4.78 is 23.2. The van der Waals surface area contributed by atoms with Crippen molar-refractivity contribution in [2.45, 2.75) is 4.90 Å². The van der Waals surface area contributed by atoms with Gasteiger partial charge in [-0.05, 0) is 18.2 Å². The van der Waals surface area contributed by atoms with E-state index in [9.17, 15) is 8.42 Å². The molecule has 0 aliphatic heterocycles. The van der Waals surface area contributed by atoms with Crippen molar-refractivity contribution in [2.75, 3.05) is 12.3 Å². The highest BCUT2D eigenvalue weighted by atomic mass is 35.5. The molecule has 0 atom stereocenters. The number of sulfone groups is 1. The van der Waals surface area contributed by atoms with Gasteiger partial charge in [-0.3, -0.25) is 0 Å². The second-order valence-electron chi connectivity index (χ2n) is 2.68. The van der Waals surface area contributed by atoms with E-state index < -0.39 is 9.84 Å². The second-order valence-corrected chi connectivity index (χ2v) is 5.60. The Morgan fingerprint density at radius 2 is 1.93 bits per heavy atom. The number of hydrogen-bond donors (Lipinski definition) is 1. The van der Waals surface area contributed by atoms with Crippen LogP contribution in [0.4, 0.5) is 0 Å². The lowest BCUT2D eigenvalue weighted by Gasteiger charge is -2.05. The normalized spacial score (nSPS) is 11.6. The minimum absolute atomic E-state index is 0.0390. The SMILES string of the molecule is NCCS(=O)(=O)c1cc(Cl)ccc1Cl. The number of hydrogen-bond acceptors (Lipinski definition) is 3. The minimum Gasteiger partial charge on any atom is -0.329 e. The van der Waals surface area contributed by atoms with Crippen LogP contribution in [0.3, 0.4) is 0 Å². The van der Waals surface area contributed by atoms with Crippen molar-refractivity contribution >= 4 is 33.0 Å². The van der Waals surface area contributed by atoms with Crippen molar-refractivity contribution in [3.8, 4) is 0 Å². The molecule has 0 unspecified atom stereocenters. The van der Waals surface area contributed by atoms with E-state index in [4.69, 9.17) is 28.9 Å². The molecule has 2 N–H and O–H groups in total. The maximum absolute atomic E-state index is 11.6. The van der Waals surface area contributed by atoms with E-state index in [1.54, 1.807) is 0 Å². The van der Waals surface area contributed by atoms with E-state index in [-0.39, 0.29) is 22.2 Å². The molecule has 0 spiro atoms. The van der Waals surface area contributed by atoms with E-state index in [1.165, 1.54) is 18.2 Å². The molecule has 0 heterocycles. The van der Waals surface area contributed by atoms with Crippen LogP contribution in [0.25, 0.3) is 0 Å². The van der Waals surface area contributed by atoms with Gasteiger partial charge in [-0.25, -0.2) is 8.42 Å². The molecule has 0 aliphatic rings. The summed E-state index contributed by atoms with van der Waals surface area (Å²) in [6.07, 6.45) is 0. The fourth-order valence-corrected chi connectivity index (χ4v) is 2.89. The van der Waals surface area contributed by atoms with Gasteiger partial charge >= 0.3 is 0 Å². The molecule has 14 heavy (non-hydrogen) atoms. The average Bonchev–Trinajstić information content (AvgIpc) is 2.09. The molecule has 0 aliphatic carbocycles. The van der Waals surface area contributed by atoms with Gasteiger partial charge < -0.3 is 5.73 Å². The third-order valence-corrected chi connectivity index (χ3v) is 4.07. The molecule has 78 valence electrons. The first-order valence-electron chi connectivity index (χ1n) is 3.85. The van der Waals surface area contributed by atoms with Gasteiger partial charge in [0.2, 0.25) is 0 Å². The van der Waals surface area contributed by atoms with Gasteiger partial charge in [-0.2, -0.15) is 0 Å². The Hall–Kier alpha value is -0.290. The lowest BCUT2D eigenvalue weighted by Crippen LogP contribution is -2.16. The highest BCUT2D eigenvalue weighted by Gasteiger charge is 2.17. The summed E-state index contributed by atoms with van der Waals surface area (Å²) in [4.78, 5) is 0.0390. The largest absolute Gasteiger partial charge is 0.329 e. The van der Waals surface area contributed by atoms with Gasteiger partial charge in [-0.15, -0.1) is 0 Å². The lowest BCUT2D eigenvalue weighted by atomic mass is 10.4. The molecule has 1 rings (SSSR count). The molecule has 6 heteroatoms. The maximum atomic E-state index is 11.6. The number of nitrogens with two attached hydrogens (primary N) is 1. The van der Waals surface area contributed by atoms with Crippen LogP contribution in [0.1, 0.15) is 0 Å². The minimum atomic E-state index is -3.40. The quantitative estimate of drug-likeness (QED) is 0.893. The molecular formula is C8H9Cl2NO2S. The zero-order valence-corrected chi connectivity index (χ0v) is 9.53. The molecule has 0 aromatic heterocycles. The van der Waals surface area contributed by atoms with Crippen LogP contribution >= 0.6 is 23.2 Å². The van der Waals surface area contributed by atoms with Crippen LogP contribution in [0.15, 0.2) is 23.1 Å². The molecule has 0 bridgehead atoms. The molecule has 0 saturated carbocycles. The third kappa shape index (κ3) is 2.60.